The molecule has 0 radical (unpaired) electrons. The monoisotopic (exact) mass is 254 g/mol. The van der Waals surface area contributed by atoms with Crippen molar-refractivity contribution < 1.29 is 0 Å². The molecule has 0 spiro atoms. The van der Waals surface area contributed by atoms with Crippen LogP contribution in [0.4, 0.5) is 0 Å². The first-order valence-electron chi connectivity index (χ1n) is 8.24. The van der Waals surface area contributed by atoms with E-state index in [-0.39, 0.29) is 0 Å². The fraction of sp³-hybridized carbons (Fsp3) is 1.00. The summed E-state index contributed by atoms with van der Waals surface area (Å²) in [6.07, 6.45) is 12.6. The van der Waals surface area contributed by atoms with E-state index < -0.39 is 0 Å². The summed E-state index contributed by atoms with van der Waals surface area (Å²) in [6, 6.07) is 0. The molecule has 2 nitrogen and oxygen atoms in total. The van der Waals surface area contributed by atoms with Gasteiger partial charge in [0.1, 0.15) is 0 Å². The number of likely N-dealkylation sites (tertiary alicyclic amines) is 1. The van der Waals surface area contributed by atoms with E-state index in [1.54, 1.807) is 0 Å². The molecule has 1 rings (SSSR count). The van der Waals surface area contributed by atoms with Crippen molar-refractivity contribution in [1.29, 1.82) is 0 Å². The molecule has 0 aromatic carbocycles. The summed E-state index contributed by atoms with van der Waals surface area (Å²) >= 11 is 0. The van der Waals surface area contributed by atoms with E-state index >= 15 is 0 Å². The van der Waals surface area contributed by atoms with E-state index in [0.29, 0.717) is 0 Å². The molecule has 1 saturated heterocycles. The maximum atomic E-state index is 2.64. The molecule has 0 aromatic rings. The highest BCUT2D eigenvalue weighted by Gasteiger charge is 2.09. The fourth-order valence-corrected chi connectivity index (χ4v) is 2.82. The fourth-order valence-electron chi connectivity index (χ4n) is 2.82. The van der Waals surface area contributed by atoms with Crippen molar-refractivity contribution in [2.45, 2.75) is 64.7 Å². The van der Waals surface area contributed by atoms with Crippen LogP contribution in [0.2, 0.25) is 0 Å². The minimum absolute atomic E-state index is 1.29. The van der Waals surface area contributed by atoms with E-state index in [2.05, 4.69) is 23.8 Å². The average molecular weight is 254 g/mol. The third-order valence-electron chi connectivity index (χ3n) is 4.11. The summed E-state index contributed by atoms with van der Waals surface area (Å²) in [4.78, 5) is 5.15. The van der Waals surface area contributed by atoms with Crippen LogP contribution < -0.4 is 0 Å². The maximum Gasteiger partial charge on any atom is -0.00183 e. The van der Waals surface area contributed by atoms with E-state index in [1.807, 2.05) is 0 Å². The number of nitrogens with zero attached hydrogens (tertiary/aromatic N) is 2. The molecule has 2 heteroatoms. The summed E-state index contributed by atoms with van der Waals surface area (Å²) in [7, 11) is 2.28. The molecule has 0 bridgehead atoms. The van der Waals surface area contributed by atoms with Crippen LogP contribution in [0.25, 0.3) is 0 Å². The Labute approximate surface area is 115 Å². The van der Waals surface area contributed by atoms with Gasteiger partial charge in [-0.2, -0.15) is 0 Å². The topological polar surface area (TPSA) is 6.48 Å². The van der Waals surface area contributed by atoms with Gasteiger partial charge in [-0.05, 0) is 71.9 Å². The van der Waals surface area contributed by atoms with E-state index in [1.165, 1.54) is 90.5 Å². The highest BCUT2D eigenvalue weighted by atomic mass is 15.1. The standard InChI is InChI=1S/C16H34N2/c1-3-4-7-12-17(2)13-8-5-6-9-14-18-15-10-11-16-18/h3-16H2,1-2H3. The lowest BCUT2D eigenvalue weighted by molar-refractivity contribution is 0.306. The van der Waals surface area contributed by atoms with Crippen LogP contribution >= 0.6 is 0 Å². The van der Waals surface area contributed by atoms with E-state index in [0.717, 1.165) is 0 Å². The average Bonchev–Trinajstić information content (AvgIpc) is 2.87. The van der Waals surface area contributed by atoms with Gasteiger partial charge in [0.25, 0.3) is 0 Å². The Balaban J connectivity index is 1.79. The number of hydrogen-bond acceptors (Lipinski definition) is 2. The van der Waals surface area contributed by atoms with Crippen molar-refractivity contribution in [1.82, 2.24) is 9.80 Å². The Bertz CT molecular complexity index is 176. The largest absolute Gasteiger partial charge is 0.306 e. The Morgan fingerprint density at radius 3 is 2.11 bits per heavy atom. The van der Waals surface area contributed by atoms with Crippen molar-refractivity contribution in [3.8, 4) is 0 Å². The zero-order valence-electron chi connectivity index (χ0n) is 12.8. The highest BCUT2D eigenvalue weighted by Crippen LogP contribution is 2.09. The number of unbranched alkanes of at least 4 members (excludes halogenated alkanes) is 5. The first-order valence-corrected chi connectivity index (χ1v) is 8.24. The molecule has 108 valence electrons. The molecule has 0 aromatic heterocycles. The molecule has 0 N–H and O–H groups in total. The van der Waals surface area contributed by atoms with Crippen LogP contribution in [-0.2, 0) is 0 Å². The molecular formula is C16H34N2. The molecule has 0 unspecified atom stereocenters. The van der Waals surface area contributed by atoms with Crippen molar-refractivity contribution in [2.24, 2.45) is 0 Å². The first-order chi connectivity index (χ1) is 8.83. The van der Waals surface area contributed by atoms with Crippen molar-refractivity contribution in [3.63, 3.8) is 0 Å². The summed E-state index contributed by atoms with van der Waals surface area (Å²) in [5.74, 6) is 0. The highest BCUT2D eigenvalue weighted by molar-refractivity contribution is 4.65. The van der Waals surface area contributed by atoms with E-state index in [4.69, 9.17) is 0 Å². The van der Waals surface area contributed by atoms with Gasteiger partial charge in [0.15, 0.2) is 0 Å². The molecule has 1 fully saturated rings. The Morgan fingerprint density at radius 2 is 1.44 bits per heavy atom. The smallest absolute Gasteiger partial charge is 0.00183 e. The molecule has 18 heavy (non-hydrogen) atoms. The van der Waals surface area contributed by atoms with Crippen molar-refractivity contribution in [3.05, 3.63) is 0 Å². The molecular weight excluding hydrogens is 220 g/mol. The quantitative estimate of drug-likeness (QED) is 0.518. The Morgan fingerprint density at radius 1 is 0.833 bits per heavy atom. The molecule has 0 atom stereocenters. The number of hydrogen-bond donors (Lipinski definition) is 0. The van der Waals surface area contributed by atoms with Gasteiger partial charge in [0.2, 0.25) is 0 Å². The van der Waals surface area contributed by atoms with Crippen LogP contribution in [0, 0.1) is 0 Å². The Hall–Kier alpha value is -0.0800. The minimum atomic E-state index is 1.29. The molecule has 1 aliphatic rings. The zero-order valence-corrected chi connectivity index (χ0v) is 12.8. The molecule has 0 aliphatic carbocycles. The predicted molar refractivity (Wildman–Crippen MR) is 81.2 cm³/mol. The molecule has 1 aliphatic heterocycles. The SMILES string of the molecule is CCCCCN(C)CCCCCCN1CCCC1. The second-order valence-electron chi connectivity index (χ2n) is 5.97. The van der Waals surface area contributed by atoms with Crippen LogP contribution in [0.15, 0.2) is 0 Å². The zero-order chi connectivity index (χ0) is 13.1. The van der Waals surface area contributed by atoms with Crippen LogP contribution in [0.1, 0.15) is 64.7 Å². The molecule has 1 heterocycles. The maximum absolute atomic E-state index is 2.64. The lowest BCUT2D eigenvalue weighted by Gasteiger charge is -2.16. The third-order valence-corrected chi connectivity index (χ3v) is 4.11. The van der Waals surface area contributed by atoms with Gasteiger partial charge in [-0.15, -0.1) is 0 Å². The summed E-state index contributed by atoms with van der Waals surface area (Å²) in [6.45, 7) is 8.95. The summed E-state index contributed by atoms with van der Waals surface area (Å²) < 4.78 is 0. The minimum Gasteiger partial charge on any atom is -0.306 e. The van der Waals surface area contributed by atoms with Gasteiger partial charge >= 0.3 is 0 Å². The first kappa shape index (κ1) is 16.0. The summed E-state index contributed by atoms with van der Waals surface area (Å²) in [5.41, 5.74) is 0. The van der Waals surface area contributed by atoms with E-state index in [9.17, 15) is 0 Å². The van der Waals surface area contributed by atoms with Crippen LogP contribution in [0.5, 0.6) is 0 Å². The van der Waals surface area contributed by atoms with Crippen molar-refractivity contribution >= 4 is 0 Å². The van der Waals surface area contributed by atoms with Gasteiger partial charge in [0.05, 0.1) is 0 Å². The Kier molecular flexibility index (Phi) is 9.59. The van der Waals surface area contributed by atoms with Crippen LogP contribution in [0.3, 0.4) is 0 Å². The second-order valence-corrected chi connectivity index (χ2v) is 5.97. The lowest BCUT2D eigenvalue weighted by atomic mass is 10.1. The second kappa shape index (κ2) is 10.8. The van der Waals surface area contributed by atoms with Crippen LogP contribution in [-0.4, -0.2) is 49.6 Å². The van der Waals surface area contributed by atoms with Gasteiger partial charge in [-0.25, -0.2) is 0 Å². The predicted octanol–water partition coefficient (Wildman–Crippen LogP) is 3.76. The number of rotatable bonds is 11. The molecule has 0 amide bonds. The molecule has 0 saturated carbocycles. The summed E-state index contributed by atoms with van der Waals surface area (Å²) in [5, 5.41) is 0. The lowest BCUT2D eigenvalue weighted by Crippen LogP contribution is -2.21. The van der Waals surface area contributed by atoms with Crippen molar-refractivity contribution in [2.75, 3.05) is 39.8 Å². The van der Waals surface area contributed by atoms with Gasteiger partial charge in [0, 0.05) is 0 Å². The normalized spacial score (nSPS) is 16.8. The van der Waals surface area contributed by atoms with Gasteiger partial charge in [-0.1, -0.05) is 32.6 Å². The third kappa shape index (κ3) is 8.10. The van der Waals surface area contributed by atoms with Gasteiger partial charge < -0.3 is 9.80 Å². The van der Waals surface area contributed by atoms with Gasteiger partial charge in [-0.3, -0.25) is 0 Å².